The maximum atomic E-state index is 12.6. The maximum Gasteiger partial charge on any atom is 0.330 e. The van der Waals surface area contributed by atoms with Gasteiger partial charge in [-0.15, -0.1) is 0 Å². The van der Waals surface area contributed by atoms with Gasteiger partial charge in [-0.1, -0.05) is 54.3 Å². The molecule has 1 aliphatic carbocycles. The SMILES string of the molecule is Cn1c(=O)n(CC2CC2)c(=S)c2[nH]c(SCC(=O)c3ccccc3)nc21. The van der Waals surface area contributed by atoms with Crippen molar-refractivity contribution in [1.29, 1.82) is 0 Å². The lowest BCUT2D eigenvalue weighted by molar-refractivity contribution is 0.102. The number of hydrogen-bond donors (Lipinski definition) is 1. The average Bonchev–Trinajstić information content (AvgIpc) is 3.38. The molecule has 3 aromatic rings. The van der Waals surface area contributed by atoms with Crippen LogP contribution in [0.4, 0.5) is 0 Å². The standard InChI is InChI=1S/C18H18N4O2S2/c1-21-15-14(16(25)22(18(21)24)9-11-7-8-11)19-17(20-15)26-10-13(23)12-5-3-2-4-6-12/h2-6,11H,7-10H2,1H3,(H,19,20). The Morgan fingerprint density at radius 1 is 1.35 bits per heavy atom. The summed E-state index contributed by atoms with van der Waals surface area (Å²) < 4.78 is 3.66. The molecule has 0 radical (unpaired) electrons. The van der Waals surface area contributed by atoms with Crippen LogP contribution in [0.1, 0.15) is 23.2 Å². The molecule has 1 aromatic carbocycles. The van der Waals surface area contributed by atoms with Crippen molar-refractivity contribution in [1.82, 2.24) is 19.1 Å². The number of carbonyl (C=O) groups excluding carboxylic acids is 1. The number of H-pyrrole nitrogens is 1. The van der Waals surface area contributed by atoms with E-state index in [2.05, 4.69) is 9.97 Å². The molecule has 2 heterocycles. The van der Waals surface area contributed by atoms with E-state index in [0.29, 0.717) is 39.0 Å². The summed E-state index contributed by atoms with van der Waals surface area (Å²) in [5, 5.41) is 0.592. The first-order valence-electron chi connectivity index (χ1n) is 8.45. The zero-order valence-corrected chi connectivity index (χ0v) is 15.9. The predicted molar refractivity (Wildman–Crippen MR) is 104 cm³/mol. The summed E-state index contributed by atoms with van der Waals surface area (Å²) >= 11 is 6.83. The number of rotatable bonds is 6. The van der Waals surface area contributed by atoms with Gasteiger partial charge in [0.25, 0.3) is 0 Å². The van der Waals surface area contributed by atoms with E-state index >= 15 is 0 Å². The maximum absolute atomic E-state index is 12.6. The highest BCUT2D eigenvalue weighted by atomic mass is 32.2. The van der Waals surface area contributed by atoms with Crippen LogP contribution >= 0.6 is 24.0 Å². The second-order valence-electron chi connectivity index (χ2n) is 6.52. The first-order chi connectivity index (χ1) is 12.5. The molecule has 0 amide bonds. The Morgan fingerprint density at radius 3 is 2.77 bits per heavy atom. The number of ketones is 1. The summed E-state index contributed by atoms with van der Waals surface area (Å²) in [6, 6.07) is 9.17. The second-order valence-corrected chi connectivity index (χ2v) is 7.87. The molecule has 1 fully saturated rings. The van der Waals surface area contributed by atoms with Gasteiger partial charge in [-0.3, -0.25) is 13.9 Å². The molecule has 0 bridgehead atoms. The van der Waals surface area contributed by atoms with Crippen LogP contribution in [-0.2, 0) is 13.6 Å². The number of aromatic amines is 1. The molecule has 26 heavy (non-hydrogen) atoms. The Hall–Kier alpha value is -2.19. The minimum Gasteiger partial charge on any atom is -0.329 e. The number of carbonyl (C=O) groups is 1. The van der Waals surface area contributed by atoms with Crippen LogP contribution in [0.2, 0.25) is 0 Å². The fourth-order valence-electron chi connectivity index (χ4n) is 2.86. The largest absolute Gasteiger partial charge is 0.330 e. The number of imidazole rings is 1. The number of nitrogens with one attached hydrogen (secondary N) is 1. The molecule has 134 valence electrons. The van der Waals surface area contributed by atoms with E-state index < -0.39 is 0 Å². The Morgan fingerprint density at radius 2 is 2.08 bits per heavy atom. The van der Waals surface area contributed by atoms with Crippen LogP contribution in [0.25, 0.3) is 11.2 Å². The first-order valence-corrected chi connectivity index (χ1v) is 9.84. The lowest BCUT2D eigenvalue weighted by atomic mass is 10.2. The third kappa shape index (κ3) is 3.26. The van der Waals surface area contributed by atoms with Gasteiger partial charge in [0.05, 0.1) is 5.75 Å². The molecule has 0 unspecified atom stereocenters. The van der Waals surface area contributed by atoms with Crippen molar-refractivity contribution in [2.75, 3.05) is 5.75 Å². The van der Waals surface area contributed by atoms with Crippen molar-refractivity contribution in [2.24, 2.45) is 13.0 Å². The number of aryl methyl sites for hydroxylation is 1. The second kappa shape index (κ2) is 6.85. The molecule has 1 N–H and O–H groups in total. The third-order valence-electron chi connectivity index (χ3n) is 4.53. The van der Waals surface area contributed by atoms with Crippen LogP contribution < -0.4 is 5.69 Å². The molecule has 0 spiro atoms. The molecule has 1 aliphatic rings. The molecule has 2 aromatic heterocycles. The van der Waals surface area contributed by atoms with Gasteiger partial charge in [0, 0.05) is 19.2 Å². The Balaban J connectivity index is 1.62. The van der Waals surface area contributed by atoms with Gasteiger partial charge in [0.15, 0.2) is 16.6 Å². The Kier molecular flexibility index (Phi) is 4.54. The van der Waals surface area contributed by atoms with Crippen molar-refractivity contribution in [3.63, 3.8) is 0 Å². The summed E-state index contributed by atoms with van der Waals surface area (Å²) in [7, 11) is 1.70. The minimum absolute atomic E-state index is 0.0346. The molecule has 8 heteroatoms. The van der Waals surface area contributed by atoms with Crippen molar-refractivity contribution in [3.8, 4) is 0 Å². The minimum atomic E-state index is -0.141. The van der Waals surface area contributed by atoms with E-state index in [0.717, 1.165) is 12.8 Å². The fraction of sp³-hybridized carbons (Fsp3) is 0.333. The summed E-state index contributed by atoms with van der Waals surface area (Å²) in [6.07, 6.45) is 2.29. The molecular weight excluding hydrogens is 368 g/mol. The van der Waals surface area contributed by atoms with E-state index in [1.165, 1.54) is 16.3 Å². The molecule has 1 saturated carbocycles. The Labute approximate surface area is 159 Å². The van der Waals surface area contributed by atoms with Crippen LogP contribution in [0.5, 0.6) is 0 Å². The fourth-order valence-corrected chi connectivity index (χ4v) is 3.91. The number of aromatic nitrogens is 4. The lowest BCUT2D eigenvalue weighted by Gasteiger charge is -2.08. The summed E-state index contributed by atoms with van der Waals surface area (Å²) in [4.78, 5) is 32.5. The zero-order chi connectivity index (χ0) is 18.3. The number of hydrogen-bond acceptors (Lipinski definition) is 5. The summed E-state index contributed by atoms with van der Waals surface area (Å²) in [5.74, 6) is 0.853. The molecule has 0 saturated heterocycles. The quantitative estimate of drug-likeness (QED) is 0.400. The molecule has 0 aliphatic heterocycles. The number of thioether (sulfide) groups is 1. The van der Waals surface area contributed by atoms with E-state index in [1.807, 2.05) is 18.2 Å². The van der Waals surface area contributed by atoms with Crippen molar-refractivity contribution < 1.29 is 4.79 Å². The van der Waals surface area contributed by atoms with E-state index in [1.54, 1.807) is 23.7 Å². The molecular formula is C18H18N4O2S2. The molecule has 4 rings (SSSR count). The van der Waals surface area contributed by atoms with Crippen molar-refractivity contribution in [2.45, 2.75) is 24.5 Å². The van der Waals surface area contributed by atoms with Gasteiger partial charge in [-0.2, -0.15) is 0 Å². The van der Waals surface area contributed by atoms with E-state index in [4.69, 9.17) is 12.2 Å². The van der Waals surface area contributed by atoms with Crippen molar-refractivity contribution in [3.05, 3.63) is 51.0 Å². The smallest absolute Gasteiger partial charge is 0.329 e. The number of nitrogens with zero attached hydrogens (tertiary/aromatic N) is 3. The molecule has 0 atom stereocenters. The monoisotopic (exact) mass is 386 g/mol. The van der Waals surface area contributed by atoms with Gasteiger partial charge in [-0.25, -0.2) is 9.78 Å². The number of fused-ring (bicyclic) bond motifs is 1. The highest BCUT2D eigenvalue weighted by Gasteiger charge is 2.24. The highest BCUT2D eigenvalue weighted by molar-refractivity contribution is 7.99. The van der Waals surface area contributed by atoms with Crippen LogP contribution in [0.3, 0.4) is 0 Å². The van der Waals surface area contributed by atoms with Crippen LogP contribution in [0, 0.1) is 10.6 Å². The Bertz CT molecular complexity index is 1090. The van der Waals surface area contributed by atoms with Crippen molar-refractivity contribution >= 4 is 40.9 Å². The van der Waals surface area contributed by atoms with Crippen LogP contribution in [-0.4, -0.2) is 30.6 Å². The highest BCUT2D eigenvalue weighted by Crippen LogP contribution is 2.30. The third-order valence-corrected chi connectivity index (χ3v) is 5.83. The van der Waals surface area contributed by atoms with Gasteiger partial charge < -0.3 is 4.98 Å². The van der Waals surface area contributed by atoms with Gasteiger partial charge in [0.2, 0.25) is 0 Å². The van der Waals surface area contributed by atoms with Gasteiger partial charge in [-0.05, 0) is 18.8 Å². The number of benzene rings is 1. The topological polar surface area (TPSA) is 72.7 Å². The van der Waals surface area contributed by atoms with Gasteiger partial charge in [0.1, 0.15) is 10.2 Å². The molecule has 6 nitrogen and oxygen atoms in total. The van der Waals surface area contributed by atoms with Crippen LogP contribution in [0.15, 0.2) is 40.3 Å². The van der Waals surface area contributed by atoms with E-state index in [9.17, 15) is 9.59 Å². The average molecular weight is 387 g/mol. The first kappa shape index (κ1) is 17.2. The zero-order valence-electron chi connectivity index (χ0n) is 14.3. The van der Waals surface area contributed by atoms with E-state index in [-0.39, 0.29) is 17.2 Å². The summed E-state index contributed by atoms with van der Waals surface area (Å²) in [5.41, 5.74) is 1.74. The normalized spacial score (nSPS) is 14.0. The number of Topliss-reactive ketones (excluding diaryl/α,β-unsaturated/α-hetero) is 1. The summed E-state index contributed by atoms with van der Waals surface area (Å²) in [6.45, 7) is 0.662. The van der Waals surface area contributed by atoms with Gasteiger partial charge >= 0.3 is 5.69 Å². The lowest BCUT2D eigenvalue weighted by Crippen LogP contribution is -2.30. The predicted octanol–water partition coefficient (Wildman–Crippen LogP) is 3.18.